The smallest absolute Gasteiger partial charge is 0.224 e. The van der Waals surface area contributed by atoms with Crippen molar-refractivity contribution in [1.82, 2.24) is 20.2 Å². The third-order valence-corrected chi connectivity index (χ3v) is 2.95. The van der Waals surface area contributed by atoms with E-state index in [0.29, 0.717) is 11.5 Å². The fourth-order valence-corrected chi connectivity index (χ4v) is 1.95. The monoisotopic (exact) mass is 269 g/mol. The van der Waals surface area contributed by atoms with Crippen LogP contribution in [0.15, 0.2) is 30.5 Å². The maximum atomic E-state index is 5.70. The molecule has 0 saturated heterocycles. The van der Waals surface area contributed by atoms with Crippen LogP contribution in [0.2, 0.25) is 0 Å². The van der Waals surface area contributed by atoms with Crippen molar-refractivity contribution in [2.75, 3.05) is 30.0 Å². The molecule has 0 aliphatic carbocycles. The van der Waals surface area contributed by atoms with Crippen LogP contribution in [-0.4, -0.2) is 34.3 Å². The minimum Gasteiger partial charge on any atom is -0.378 e. The second-order valence-corrected chi connectivity index (χ2v) is 4.63. The SMILES string of the molecule is CN(C)c1cccc(Nc2nc(N)nc3[nH]ncc23)c1. The fourth-order valence-electron chi connectivity index (χ4n) is 1.95. The van der Waals surface area contributed by atoms with Gasteiger partial charge in [-0.05, 0) is 18.2 Å². The summed E-state index contributed by atoms with van der Waals surface area (Å²) in [5.41, 5.74) is 8.34. The van der Waals surface area contributed by atoms with Gasteiger partial charge in [0.1, 0.15) is 5.82 Å². The van der Waals surface area contributed by atoms with Crippen molar-refractivity contribution in [2.45, 2.75) is 0 Å². The first-order valence-electron chi connectivity index (χ1n) is 6.14. The van der Waals surface area contributed by atoms with Gasteiger partial charge in [0.2, 0.25) is 5.95 Å². The number of aromatic amines is 1. The Morgan fingerprint density at radius 3 is 2.90 bits per heavy atom. The first-order valence-corrected chi connectivity index (χ1v) is 6.14. The number of nitrogens with one attached hydrogen (secondary N) is 2. The molecule has 0 aliphatic rings. The lowest BCUT2D eigenvalue weighted by Crippen LogP contribution is -2.08. The lowest BCUT2D eigenvalue weighted by molar-refractivity contribution is 1.09. The van der Waals surface area contributed by atoms with Crippen LogP contribution in [0, 0.1) is 0 Å². The summed E-state index contributed by atoms with van der Waals surface area (Å²) < 4.78 is 0. The van der Waals surface area contributed by atoms with Crippen LogP contribution in [0.4, 0.5) is 23.1 Å². The van der Waals surface area contributed by atoms with E-state index in [-0.39, 0.29) is 5.95 Å². The first-order chi connectivity index (χ1) is 9.63. The molecular weight excluding hydrogens is 254 g/mol. The number of H-pyrrole nitrogens is 1. The highest BCUT2D eigenvalue weighted by atomic mass is 15.2. The van der Waals surface area contributed by atoms with Gasteiger partial charge in [0.15, 0.2) is 5.65 Å². The van der Waals surface area contributed by atoms with Crippen molar-refractivity contribution in [2.24, 2.45) is 0 Å². The predicted octanol–water partition coefficient (Wildman–Crippen LogP) is 1.74. The number of hydrogen-bond donors (Lipinski definition) is 3. The summed E-state index contributed by atoms with van der Waals surface area (Å²) in [4.78, 5) is 10.3. The van der Waals surface area contributed by atoms with Gasteiger partial charge in [-0.3, -0.25) is 5.10 Å². The summed E-state index contributed by atoms with van der Waals surface area (Å²) in [5.74, 6) is 0.838. The van der Waals surface area contributed by atoms with Crippen molar-refractivity contribution in [3.63, 3.8) is 0 Å². The Labute approximate surface area is 115 Å². The van der Waals surface area contributed by atoms with E-state index < -0.39 is 0 Å². The van der Waals surface area contributed by atoms with Crippen molar-refractivity contribution in [3.05, 3.63) is 30.5 Å². The topological polar surface area (TPSA) is 95.7 Å². The Bertz CT molecular complexity index is 747. The lowest BCUT2D eigenvalue weighted by Gasteiger charge is -2.14. The summed E-state index contributed by atoms with van der Waals surface area (Å²) in [6.07, 6.45) is 1.67. The summed E-state index contributed by atoms with van der Waals surface area (Å²) in [6, 6.07) is 8.02. The van der Waals surface area contributed by atoms with Crippen molar-refractivity contribution in [3.8, 4) is 0 Å². The average Bonchev–Trinajstić information content (AvgIpc) is 2.87. The zero-order chi connectivity index (χ0) is 14.1. The van der Waals surface area contributed by atoms with Crippen LogP contribution in [0.5, 0.6) is 0 Å². The van der Waals surface area contributed by atoms with Crippen molar-refractivity contribution in [1.29, 1.82) is 0 Å². The van der Waals surface area contributed by atoms with Gasteiger partial charge in [-0.15, -0.1) is 0 Å². The standard InChI is InChI=1S/C13H15N7/c1-20(2)9-5-3-4-8(6-9)16-11-10-7-15-19-12(10)18-13(14)17-11/h3-7H,1-2H3,(H4,14,15,16,17,18,19). The molecule has 0 atom stereocenters. The number of anilines is 4. The van der Waals surface area contributed by atoms with Crippen LogP contribution in [0.3, 0.4) is 0 Å². The number of nitrogens with zero attached hydrogens (tertiary/aromatic N) is 4. The Hall–Kier alpha value is -2.83. The number of hydrogen-bond acceptors (Lipinski definition) is 6. The number of nitrogens with two attached hydrogens (primary N) is 1. The molecule has 1 aromatic carbocycles. The first kappa shape index (κ1) is 12.2. The molecule has 0 fully saturated rings. The van der Waals surface area contributed by atoms with Gasteiger partial charge in [-0.25, -0.2) is 0 Å². The normalized spacial score (nSPS) is 10.7. The number of fused-ring (bicyclic) bond motifs is 1. The molecule has 0 amide bonds. The van der Waals surface area contributed by atoms with E-state index >= 15 is 0 Å². The van der Waals surface area contributed by atoms with Gasteiger partial charge in [-0.1, -0.05) is 6.07 Å². The molecule has 0 spiro atoms. The van der Waals surface area contributed by atoms with Crippen LogP contribution < -0.4 is 16.0 Å². The highest BCUT2D eigenvalue weighted by Gasteiger charge is 2.08. The molecule has 3 rings (SSSR count). The van der Waals surface area contributed by atoms with E-state index in [1.807, 2.05) is 43.3 Å². The summed E-state index contributed by atoms with van der Waals surface area (Å²) in [6.45, 7) is 0. The number of aromatic nitrogens is 4. The van der Waals surface area contributed by atoms with E-state index in [4.69, 9.17) is 5.73 Å². The third-order valence-electron chi connectivity index (χ3n) is 2.95. The second-order valence-electron chi connectivity index (χ2n) is 4.63. The molecule has 2 heterocycles. The van der Waals surface area contributed by atoms with E-state index in [1.54, 1.807) is 6.20 Å². The van der Waals surface area contributed by atoms with E-state index in [9.17, 15) is 0 Å². The maximum Gasteiger partial charge on any atom is 0.224 e. The van der Waals surface area contributed by atoms with E-state index in [0.717, 1.165) is 16.8 Å². The molecular formula is C13H15N7. The van der Waals surface area contributed by atoms with Crippen LogP contribution >= 0.6 is 0 Å². The molecule has 7 nitrogen and oxygen atoms in total. The molecule has 4 N–H and O–H groups in total. The Kier molecular flexibility index (Phi) is 2.86. The minimum absolute atomic E-state index is 0.202. The quantitative estimate of drug-likeness (QED) is 0.670. The molecule has 2 aromatic heterocycles. The number of benzene rings is 1. The Morgan fingerprint density at radius 1 is 1.25 bits per heavy atom. The summed E-state index contributed by atoms with van der Waals surface area (Å²) in [5, 5.41) is 10.8. The van der Waals surface area contributed by atoms with Gasteiger partial charge >= 0.3 is 0 Å². The highest BCUT2D eigenvalue weighted by Crippen LogP contribution is 2.25. The van der Waals surface area contributed by atoms with Crippen molar-refractivity contribution >= 4 is 34.2 Å². The minimum atomic E-state index is 0.202. The fraction of sp³-hybridized carbons (Fsp3) is 0.154. The zero-order valence-corrected chi connectivity index (χ0v) is 11.3. The molecule has 20 heavy (non-hydrogen) atoms. The maximum absolute atomic E-state index is 5.70. The van der Waals surface area contributed by atoms with Gasteiger partial charge in [0.25, 0.3) is 0 Å². The van der Waals surface area contributed by atoms with Gasteiger partial charge in [-0.2, -0.15) is 15.1 Å². The van der Waals surface area contributed by atoms with Gasteiger partial charge < -0.3 is 16.0 Å². The van der Waals surface area contributed by atoms with Crippen molar-refractivity contribution < 1.29 is 0 Å². The summed E-state index contributed by atoms with van der Waals surface area (Å²) >= 11 is 0. The lowest BCUT2D eigenvalue weighted by atomic mass is 10.2. The average molecular weight is 269 g/mol. The number of rotatable bonds is 3. The van der Waals surface area contributed by atoms with Gasteiger partial charge in [0.05, 0.1) is 11.6 Å². The van der Waals surface area contributed by atoms with Crippen LogP contribution in [0.1, 0.15) is 0 Å². The van der Waals surface area contributed by atoms with Gasteiger partial charge in [0, 0.05) is 25.5 Å². The second kappa shape index (κ2) is 4.69. The highest BCUT2D eigenvalue weighted by molar-refractivity contribution is 5.89. The van der Waals surface area contributed by atoms with Crippen LogP contribution in [-0.2, 0) is 0 Å². The molecule has 0 unspecified atom stereocenters. The Balaban J connectivity index is 2.00. The molecule has 0 bridgehead atoms. The third kappa shape index (κ3) is 2.20. The predicted molar refractivity (Wildman–Crippen MR) is 80.1 cm³/mol. The molecule has 0 aliphatic heterocycles. The molecule has 0 radical (unpaired) electrons. The summed E-state index contributed by atoms with van der Waals surface area (Å²) in [7, 11) is 3.99. The van der Waals surface area contributed by atoms with Crippen LogP contribution in [0.25, 0.3) is 11.0 Å². The molecule has 7 heteroatoms. The molecule has 102 valence electrons. The zero-order valence-electron chi connectivity index (χ0n) is 11.3. The molecule has 0 saturated carbocycles. The van der Waals surface area contributed by atoms with E-state index in [2.05, 4.69) is 25.5 Å². The van der Waals surface area contributed by atoms with E-state index in [1.165, 1.54) is 0 Å². The molecule has 3 aromatic rings. The largest absolute Gasteiger partial charge is 0.378 e. The Morgan fingerprint density at radius 2 is 2.10 bits per heavy atom. The number of nitrogen functional groups attached to an aromatic ring is 1.